The summed E-state index contributed by atoms with van der Waals surface area (Å²) in [5, 5.41) is 7.60. The van der Waals surface area contributed by atoms with Crippen LogP contribution in [0.3, 0.4) is 0 Å². The molecule has 0 radical (unpaired) electrons. The third-order valence-corrected chi connectivity index (χ3v) is 2.26. The Kier molecular flexibility index (Phi) is 25.1. The maximum Gasteiger partial charge on any atom is 0.575 e. The number of alkyl halides is 3. The standard InChI is InChI=1S/C7H12O2.C6H10O2.C5H5F3O2.C3H4O2/c1-3-5-6-9-7(8)4-2;1-4-8-6(7)5(2)3;1-3(2)4(9)10-5(6,7)8;1-2-3(4)5/h4H,2-3,5-6H2,1H3;2,4H2,1,3H3;1H2,2H3;2H,1H2,(H,4,5). The lowest BCUT2D eigenvalue weighted by Gasteiger charge is -2.05. The molecule has 0 aliphatic rings. The minimum atomic E-state index is -4.91. The number of carboxylic acid groups (broad SMARTS) is 1. The number of halogens is 3. The summed E-state index contributed by atoms with van der Waals surface area (Å²) in [7, 11) is 0. The minimum Gasteiger partial charge on any atom is -0.478 e. The van der Waals surface area contributed by atoms with Gasteiger partial charge in [0, 0.05) is 23.3 Å². The predicted octanol–water partition coefficient (Wildman–Crippen LogP) is 4.52. The number of aliphatic carboxylic acids is 1. The summed E-state index contributed by atoms with van der Waals surface area (Å²) in [5.74, 6) is -3.08. The van der Waals surface area contributed by atoms with Crippen LogP contribution in [0.25, 0.3) is 0 Å². The molecular formula is C21H31F3O8. The lowest BCUT2D eigenvalue weighted by Crippen LogP contribution is -2.19. The molecule has 0 fully saturated rings. The fourth-order valence-corrected chi connectivity index (χ4v) is 0.823. The molecule has 0 atom stereocenters. The maximum atomic E-state index is 11.2. The zero-order valence-corrected chi connectivity index (χ0v) is 18.8. The molecule has 184 valence electrons. The lowest BCUT2D eigenvalue weighted by molar-refractivity contribution is -0.303. The first-order chi connectivity index (χ1) is 14.6. The quantitative estimate of drug-likeness (QED) is 0.239. The Labute approximate surface area is 186 Å². The average molecular weight is 468 g/mol. The molecular weight excluding hydrogens is 437 g/mol. The van der Waals surface area contributed by atoms with Gasteiger partial charge in [-0.3, -0.25) is 0 Å². The van der Waals surface area contributed by atoms with Gasteiger partial charge in [-0.05, 0) is 27.2 Å². The molecule has 0 saturated carbocycles. The van der Waals surface area contributed by atoms with Gasteiger partial charge < -0.3 is 19.3 Å². The zero-order chi connectivity index (χ0) is 26.3. The van der Waals surface area contributed by atoms with Crippen molar-refractivity contribution in [1.29, 1.82) is 0 Å². The summed E-state index contributed by atoms with van der Waals surface area (Å²) in [5.41, 5.74) is 0.171. The highest BCUT2D eigenvalue weighted by Gasteiger charge is 2.33. The van der Waals surface area contributed by atoms with E-state index in [-0.39, 0.29) is 17.5 Å². The van der Waals surface area contributed by atoms with Crippen LogP contribution in [0, 0.1) is 0 Å². The van der Waals surface area contributed by atoms with Gasteiger partial charge in [-0.2, -0.15) is 0 Å². The van der Waals surface area contributed by atoms with Crippen LogP contribution in [-0.2, 0) is 33.4 Å². The van der Waals surface area contributed by atoms with Crippen molar-refractivity contribution < 1.29 is 51.7 Å². The van der Waals surface area contributed by atoms with E-state index in [1.807, 2.05) is 6.92 Å². The van der Waals surface area contributed by atoms with Gasteiger partial charge in [-0.25, -0.2) is 19.2 Å². The Hall–Kier alpha value is -3.37. The van der Waals surface area contributed by atoms with Crippen molar-refractivity contribution in [3.8, 4) is 0 Å². The third-order valence-electron chi connectivity index (χ3n) is 2.26. The van der Waals surface area contributed by atoms with Gasteiger partial charge in [0.15, 0.2) is 0 Å². The molecule has 32 heavy (non-hydrogen) atoms. The molecule has 0 aromatic rings. The third kappa shape index (κ3) is 37.4. The van der Waals surface area contributed by atoms with E-state index < -0.39 is 18.3 Å². The fraction of sp³-hybridized carbons (Fsp3) is 0.429. The molecule has 0 heterocycles. The summed E-state index contributed by atoms with van der Waals surface area (Å²) < 4.78 is 45.7. The topological polar surface area (TPSA) is 116 Å². The molecule has 8 nitrogen and oxygen atoms in total. The fourth-order valence-electron chi connectivity index (χ4n) is 0.823. The van der Waals surface area contributed by atoms with Crippen molar-refractivity contribution in [3.63, 3.8) is 0 Å². The highest BCUT2D eigenvalue weighted by atomic mass is 19.4. The lowest BCUT2D eigenvalue weighted by atomic mass is 10.4. The first kappa shape index (κ1) is 36.0. The van der Waals surface area contributed by atoms with Crippen LogP contribution in [-0.4, -0.2) is 48.6 Å². The number of ether oxygens (including phenoxy) is 3. The largest absolute Gasteiger partial charge is 0.575 e. The molecule has 0 aromatic carbocycles. The Morgan fingerprint density at radius 2 is 1.34 bits per heavy atom. The molecule has 0 aliphatic carbocycles. The molecule has 0 unspecified atom stereocenters. The van der Waals surface area contributed by atoms with Crippen LogP contribution in [0.1, 0.15) is 40.5 Å². The number of hydrogen-bond donors (Lipinski definition) is 1. The van der Waals surface area contributed by atoms with E-state index in [1.54, 1.807) is 13.8 Å². The summed E-state index contributed by atoms with van der Waals surface area (Å²) in [4.78, 5) is 40.1. The van der Waals surface area contributed by atoms with Crippen LogP contribution in [0.4, 0.5) is 13.2 Å². The minimum absolute atomic E-state index is 0.280. The van der Waals surface area contributed by atoms with Gasteiger partial charge in [-0.15, -0.1) is 13.2 Å². The van der Waals surface area contributed by atoms with Crippen molar-refractivity contribution in [2.24, 2.45) is 0 Å². The van der Waals surface area contributed by atoms with Crippen LogP contribution in [0.15, 0.2) is 49.6 Å². The van der Waals surface area contributed by atoms with Crippen molar-refractivity contribution in [2.45, 2.75) is 46.9 Å². The predicted molar refractivity (Wildman–Crippen MR) is 112 cm³/mol. The van der Waals surface area contributed by atoms with Crippen molar-refractivity contribution >= 4 is 23.9 Å². The van der Waals surface area contributed by atoms with E-state index >= 15 is 0 Å². The molecule has 11 heteroatoms. The molecule has 0 aromatic heterocycles. The molecule has 0 spiro atoms. The van der Waals surface area contributed by atoms with Gasteiger partial charge in [-0.1, -0.05) is 39.7 Å². The molecule has 0 rings (SSSR count). The van der Waals surface area contributed by atoms with Crippen molar-refractivity contribution in [1.82, 2.24) is 0 Å². The summed E-state index contributed by atoms with van der Waals surface area (Å²) in [6.07, 6.45) is -0.921. The van der Waals surface area contributed by atoms with Gasteiger partial charge >= 0.3 is 30.2 Å². The summed E-state index contributed by atoms with van der Waals surface area (Å²) >= 11 is 0. The number of carboxylic acids is 1. The van der Waals surface area contributed by atoms with Crippen LogP contribution in [0.2, 0.25) is 0 Å². The van der Waals surface area contributed by atoms with Gasteiger partial charge in [0.1, 0.15) is 0 Å². The monoisotopic (exact) mass is 468 g/mol. The molecule has 0 aliphatic heterocycles. The highest BCUT2D eigenvalue weighted by molar-refractivity contribution is 5.87. The molecule has 0 bridgehead atoms. The summed E-state index contributed by atoms with van der Waals surface area (Å²) in [6, 6.07) is 0. The second kappa shape index (κ2) is 22.3. The first-order valence-corrected chi connectivity index (χ1v) is 9.02. The molecule has 0 amide bonds. The van der Waals surface area contributed by atoms with E-state index in [0.717, 1.165) is 25.8 Å². The number of hydrogen-bond acceptors (Lipinski definition) is 7. The van der Waals surface area contributed by atoms with Crippen LogP contribution < -0.4 is 0 Å². The second-order valence-electron chi connectivity index (χ2n) is 5.38. The van der Waals surface area contributed by atoms with E-state index in [0.29, 0.717) is 18.8 Å². The SMILES string of the molecule is C=C(C)C(=O)OC(F)(F)F.C=C(C)C(=O)OCC.C=CC(=O)O.C=CC(=O)OCCCC. The van der Waals surface area contributed by atoms with Gasteiger partial charge in [0.25, 0.3) is 0 Å². The first-order valence-electron chi connectivity index (χ1n) is 9.02. The maximum absolute atomic E-state index is 11.2. The summed E-state index contributed by atoms with van der Waals surface area (Å²) in [6.45, 7) is 20.1. The van der Waals surface area contributed by atoms with E-state index in [2.05, 4.69) is 40.5 Å². The number of unbranched alkanes of at least 4 members (excludes halogenated alkanes) is 1. The van der Waals surface area contributed by atoms with Crippen LogP contribution >= 0.6 is 0 Å². The number of carbonyl (C=O) groups is 4. The van der Waals surface area contributed by atoms with Crippen LogP contribution in [0.5, 0.6) is 0 Å². The average Bonchev–Trinajstić information content (AvgIpc) is 2.68. The number of rotatable bonds is 8. The van der Waals surface area contributed by atoms with Gasteiger partial charge in [0.2, 0.25) is 0 Å². The number of carbonyl (C=O) groups excluding carboxylic acids is 3. The second-order valence-corrected chi connectivity index (χ2v) is 5.38. The Morgan fingerprint density at radius 3 is 1.53 bits per heavy atom. The smallest absolute Gasteiger partial charge is 0.478 e. The highest BCUT2D eigenvalue weighted by Crippen LogP contribution is 2.17. The van der Waals surface area contributed by atoms with E-state index in [1.165, 1.54) is 6.08 Å². The molecule has 0 saturated heterocycles. The normalized spacial score (nSPS) is 8.84. The Morgan fingerprint density at radius 1 is 0.906 bits per heavy atom. The Balaban J connectivity index is -0.000000168. The van der Waals surface area contributed by atoms with Gasteiger partial charge in [0.05, 0.1) is 13.2 Å². The van der Waals surface area contributed by atoms with E-state index in [9.17, 15) is 32.3 Å². The van der Waals surface area contributed by atoms with E-state index in [4.69, 9.17) is 5.11 Å². The molecule has 1 N–H and O–H groups in total. The van der Waals surface area contributed by atoms with Crippen molar-refractivity contribution in [2.75, 3.05) is 13.2 Å². The van der Waals surface area contributed by atoms with Crippen molar-refractivity contribution in [3.05, 3.63) is 49.6 Å². The Bertz CT molecular complexity index is 637. The zero-order valence-electron chi connectivity index (χ0n) is 18.8. The number of esters is 3.